The first-order chi connectivity index (χ1) is 9.22. The number of alkyl halides is 1. The molecule has 0 spiro atoms. The summed E-state index contributed by atoms with van der Waals surface area (Å²) in [6.45, 7) is 1.43. The van der Waals surface area contributed by atoms with Gasteiger partial charge in [-0.2, -0.15) is 0 Å². The van der Waals surface area contributed by atoms with E-state index in [9.17, 15) is 4.39 Å². The molecule has 0 aromatic heterocycles. The maximum atomic E-state index is 12.9. The van der Waals surface area contributed by atoms with Crippen LogP contribution in [-0.4, -0.2) is 0 Å². The van der Waals surface area contributed by atoms with E-state index in [4.69, 9.17) is 4.74 Å². The Morgan fingerprint density at radius 2 is 1.79 bits per heavy atom. The van der Waals surface area contributed by atoms with Gasteiger partial charge in [-0.15, -0.1) is 0 Å². The van der Waals surface area contributed by atoms with Gasteiger partial charge in [0.05, 0.1) is 13.2 Å². The maximum absolute atomic E-state index is 12.9. The van der Waals surface area contributed by atoms with Crippen LogP contribution in [-0.2, 0) is 24.4 Å². The quantitative estimate of drug-likeness (QED) is 0.755. The van der Waals surface area contributed by atoms with Crippen molar-refractivity contribution in [2.24, 2.45) is 0 Å². The predicted molar refractivity (Wildman–Crippen MR) is 76.7 cm³/mol. The van der Waals surface area contributed by atoms with Gasteiger partial charge in [0.2, 0.25) is 0 Å². The van der Waals surface area contributed by atoms with Crippen LogP contribution in [0, 0.1) is 5.82 Å². The van der Waals surface area contributed by atoms with Crippen molar-refractivity contribution in [1.82, 2.24) is 0 Å². The van der Waals surface area contributed by atoms with Gasteiger partial charge in [-0.25, -0.2) is 4.39 Å². The van der Waals surface area contributed by atoms with E-state index in [1.165, 1.54) is 28.8 Å². The zero-order valence-electron chi connectivity index (χ0n) is 10.4. The van der Waals surface area contributed by atoms with E-state index < -0.39 is 0 Å². The van der Waals surface area contributed by atoms with Gasteiger partial charge in [0, 0.05) is 4.83 Å². The Balaban J connectivity index is 1.76. The van der Waals surface area contributed by atoms with Gasteiger partial charge in [-0.05, 0) is 40.8 Å². The highest BCUT2D eigenvalue weighted by Gasteiger charge is 2.15. The summed E-state index contributed by atoms with van der Waals surface area (Å²) < 4.78 is 18.3. The fraction of sp³-hybridized carbons (Fsp3) is 0.250. The van der Waals surface area contributed by atoms with Crippen molar-refractivity contribution < 1.29 is 9.13 Å². The van der Waals surface area contributed by atoms with Crippen LogP contribution in [0.1, 0.15) is 27.1 Å². The minimum absolute atomic E-state index is 0.190. The zero-order chi connectivity index (χ0) is 13.2. The third kappa shape index (κ3) is 2.88. The summed E-state index contributed by atoms with van der Waals surface area (Å²) in [7, 11) is 0. The Morgan fingerprint density at radius 3 is 2.58 bits per heavy atom. The molecule has 2 aromatic carbocycles. The molecule has 0 N–H and O–H groups in total. The van der Waals surface area contributed by atoms with Crippen molar-refractivity contribution in [3.05, 3.63) is 70.5 Å². The topological polar surface area (TPSA) is 9.23 Å². The lowest BCUT2D eigenvalue weighted by molar-refractivity contribution is 0.134. The van der Waals surface area contributed by atoms with Crippen molar-refractivity contribution >= 4 is 15.9 Å². The highest BCUT2D eigenvalue weighted by molar-refractivity contribution is 9.09. The maximum Gasteiger partial charge on any atom is 0.123 e. The molecule has 3 rings (SSSR count). The summed E-state index contributed by atoms with van der Waals surface area (Å²) >= 11 is 3.71. The predicted octanol–water partition coefficient (Wildman–Crippen LogP) is 4.53. The van der Waals surface area contributed by atoms with Crippen LogP contribution < -0.4 is 0 Å². The van der Waals surface area contributed by atoms with E-state index in [2.05, 4.69) is 34.1 Å². The van der Waals surface area contributed by atoms with Gasteiger partial charge in [0.25, 0.3) is 0 Å². The SMILES string of the molecule is Fc1ccc(CC(Br)c2ccc3c(c2)COC3)cc1. The van der Waals surface area contributed by atoms with Crippen molar-refractivity contribution in [1.29, 1.82) is 0 Å². The van der Waals surface area contributed by atoms with E-state index in [0.29, 0.717) is 6.61 Å². The molecule has 1 unspecified atom stereocenters. The smallest absolute Gasteiger partial charge is 0.123 e. The average Bonchev–Trinajstić information content (AvgIpc) is 2.88. The summed E-state index contributed by atoms with van der Waals surface area (Å²) in [5.74, 6) is -0.190. The van der Waals surface area contributed by atoms with Gasteiger partial charge in [-0.1, -0.05) is 46.3 Å². The Kier molecular flexibility index (Phi) is 3.67. The fourth-order valence-corrected chi connectivity index (χ4v) is 2.99. The minimum atomic E-state index is -0.190. The van der Waals surface area contributed by atoms with Crippen LogP contribution in [0.5, 0.6) is 0 Å². The monoisotopic (exact) mass is 320 g/mol. The number of ether oxygens (including phenoxy) is 1. The van der Waals surface area contributed by atoms with Gasteiger partial charge in [-0.3, -0.25) is 0 Å². The lowest BCUT2D eigenvalue weighted by atomic mass is 10.0. The second-order valence-electron chi connectivity index (χ2n) is 4.82. The standard InChI is InChI=1S/C16H14BrFO/c17-16(7-11-1-5-15(18)6-2-11)12-3-4-13-9-19-10-14(13)8-12/h1-6,8,16H,7,9-10H2. The first-order valence-corrected chi connectivity index (χ1v) is 7.22. The Hall–Kier alpha value is -1.19. The third-order valence-corrected chi connectivity index (χ3v) is 4.29. The molecule has 98 valence electrons. The lowest BCUT2D eigenvalue weighted by Gasteiger charge is -2.11. The van der Waals surface area contributed by atoms with Crippen molar-refractivity contribution in [2.75, 3.05) is 0 Å². The molecular formula is C16H14BrFO. The minimum Gasteiger partial charge on any atom is -0.372 e. The molecule has 0 aliphatic carbocycles. The summed E-state index contributed by atoms with van der Waals surface area (Å²) in [6, 6.07) is 13.1. The second-order valence-corrected chi connectivity index (χ2v) is 5.92. The van der Waals surface area contributed by atoms with E-state index in [1.54, 1.807) is 0 Å². The zero-order valence-corrected chi connectivity index (χ0v) is 12.0. The van der Waals surface area contributed by atoms with Crippen LogP contribution in [0.25, 0.3) is 0 Å². The summed E-state index contributed by atoms with van der Waals surface area (Å²) in [6.07, 6.45) is 0.847. The van der Waals surface area contributed by atoms with Gasteiger partial charge >= 0.3 is 0 Å². The Labute approximate surface area is 120 Å². The molecule has 0 saturated carbocycles. The molecule has 1 aliphatic heterocycles. The molecule has 0 amide bonds. The largest absolute Gasteiger partial charge is 0.372 e. The van der Waals surface area contributed by atoms with Gasteiger partial charge in [0.1, 0.15) is 5.82 Å². The van der Waals surface area contributed by atoms with Crippen molar-refractivity contribution in [3.63, 3.8) is 0 Å². The summed E-state index contributed by atoms with van der Waals surface area (Å²) in [4.78, 5) is 0.240. The molecule has 2 aromatic rings. The molecule has 1 heterocycles. The number of benzene rings is 2. The van der Waals surface area contributed by atoms with Crippen molar-refractivity contribution in [2.45, 2.75) is 24.5 Å². The van der Waals surface area contributed by atoms with Crippen LogP contribution in [0.2, 0.25) is 0 Å². The molecule has 19 heavy (non-hydrogen) atoms. The third-order valence-electron chi connectivity index (χ3n) is 3.44. The number of hydrogen-bond acceptors (Lipinski definition) is 1. The van der Waals surface area contributed by atoms with E-state index in [1.807, 2.05) is 12.1 Å². The van der Waals surface area contributed by atoms with Gasteiger partial charge < -0.3 is 4.74 Å². The molecule has 0 bridgehead atoms. The second kappa shape index (κ2) is 5.43. The lowest BCUT2D eigenvalue weighted by Crippen LogP contribution is -1.97. The molecule has 3 heteroatoms. The number of halogens is 2. The van der Waals surface area contributed by atoms with E-state index in [-0.39, 0.29) is 10.6 Å². The van der Waals surface area contributed by atoms with Gasteiger partial charge in [0.15, 0.2) is 0 Å². The molecule has 1 nitrogen and oxygen atoms in total. The van der Waals surface area contributed by atoms with E-state index in [0.717, 1.165) is 18.6 Å². The number of hydrogen-bond donors (Lipinski definition) is 0. The molecule has 0 saturated heterocycles. The highest BCUT2D eigenvalue weighted by atomic mass is 79.9. The molecule has 0 radical (unpaired) electrons. The van der Waals surface area contributed by atoms with Crippen LogP contribution in [0.15, 0.2) is 42.5 Å². The molecular weight excluding hydrogens is 307 g/mol. The van der Waals surface area contributed by atoms with E-state index >= 15 is 0 Å². The molecule has 0 fully saturated rings. The summed E-state index contributed by atoms with van der Waals surface area (Å²) in [5, 5.41) is 0. The molecule has 1 atom stereocenters. The van der Waals surface area contributed by atoms with Crippen LogP contribution in [0.3, 0.4) is 0 Å². The number of rotatable bonds is 3. The normalized spacial score (nSPS) is 15.3. The average molecular weight is 321 g/mol. The summed E-state index contributed by atoms with van der Waals surface area (Å²) in [5.41, 5.74) is 4.93. The Bertz CT molecular complexity index is 580. The van der Waals surface area contributed by atoms with Crippen LogP contribution >= 0.6 is 15.9 Å². The number of fused-ring (bicyclic) bond motifs is 1. The fourth-order valence-electron chi connectivity index (χ4n) is 2.33. The highest BCUT2D eigenvalue weighted by Crippen LogP contribution is 2.30. The Morgan fingerprint density at radius 1 is 1.05 bits per heavy atom. The van der Waals surface area contributed by atoms with Crippen molar-refractivity contribution in [3.8, 4) is 0 Å². The van der Waals surface area contributed by atoms with Crippen LogP contribution in [0.4, 0.5) is 4.39 Å². The first-order valence-electron chi connectivity index (χ1n) is 6.30. The molecule has 1 aliphatic rings. The first kappa shape index (κ1) is 12.8.